The minimum Gasteiger partial charge on any atom is -0.0843 e. The highest BCUT2D eigenvalue weighted by Crippen LogP contribution is 2.22. The number of hydrogen-bond donors (Lipinski definition) is 0. The van der Waals surface area contributed by atoms with Crippen LogP contribution in [0.2, 0.25) is 5.02 Å². The molecule has 0 radical (unpaired) electrons. The van der Waals surface area contributed by atoms with E-state index in [1.165, 1.54) is 11.1 Å². The van der Waals surface area contributed by atoms with Crippen LogP contribution in [0.1, 0.15) is 37.5 Å². The van der Waals surface area contributed by atoms with Gasteiger partial charge in [-0.25, -0.2) is 0 Å². The number of hydrogen-bond acceptors (Lipinski definition) is 0. The third-order valence-electron chi connectivity index (χ3n) is 3.34. The van der Waals surface area contributed by atoms with Gasteiger partial charge in [0.2, 0.25) is 0 Å². The van der Waals surface area contributed by atoms with Gasteiger partial charge in [0.05, 0.1) is 0 Å². The maximum atomic E-state index is 5.86. The van der Waals surface area contributed by atoms with Crippen molar-refractivity contribution in [1.29, 1.82) is 0 Å². The molecule has 0 amide bonds. The second kappa shape index (κ2) is 6.78. The molecule has 0 aliphatic carbocycles. The van der Waals surface area contributed by atoms with E-state index < -0.39 is 0 Å². The van der Waals surface area contributed by atoms with Crippen molar-refractivity contribution < 1.29 is 0 Å². The van der Waals surface area contributed by atoms with Crippen LogP contribution >= 0.6 is 11.6 Å². The maximum Gasteiger partial charge on any atom is 0.0406 e. The monoisotopic (exact) mass is 296 g/mol. The van der Waals surface area contributed by atoms with Crippen LogP contribution in [0.3, 0.4) is 0 Å². The Hall–Kier alpha value is -1.79. The zero-order valence-electron chi connectivity index (χ0n) is 12.8. The van der Waals surface area contributed by atoms with Crippen LogP contribution < -0.4 is 0 Å². The molecule has 2 aromatic rings. The van der Waals surface area contributed by atoms with E-state index in [-0.39, 0.29) is 5.41 Å². The predicted molar refractivity (Wildman–Crippen MR) is 94.7 cm³/mol. The SMILES string of the molecule is CC(C)(C)c1ccc(/C=C/C=C/c2ccc(Cl)cc2)cc1. The molecule has 0 spiro atoms. The van der Waals surface area contributed by atoms with Gasteiger partial charge in [0, 0.05) is 5.02 Å². The Balaban J connectivity index is 1.99. The number of halogens is 1. The first-order valence-electron chi connectivity index (χ1n) is 7.16. The Bertz CT molecular complexity index is 623. The highest BCUT2D eigenvalue weighted by Gasteiger charge is 2.12. The molecule has 0 aromatic heterocycles. The maximum absolute atomic E-state index is 5.86. The topological polar surface area (TPSA) is 0 Å². The molecule has 0 aliphatic heterocycles. The molecule has 0 heterocycles. The summed E-state index contributed by atoms with van der Waals surface area (Å²) in [5, 5.41) is 0.765. The lowest BCUT2D eigenvalue weighted by Crippen LogP contribution is -2.10. The van der Waals surface area contributed by atoms with Crippen molar-refractivity contribution >= 4 is 23.8 Å². The number of benzene rings is 2. The van der Waals surface area contributed by atoms with E-state index in [1.54, 1.807) is 0 Å². The first-order chi connectivity index (χ1) is 9.95. The van der Waals surface area contributed by atoms with E-state index in [4.69, 9.17) is 11.6 Å². The Morgan fingerprint density at radius 1 is 0.714 bits per heavy atom. The molecule has 0 saturated carbocycles. The zero-order chi connectivity index (χ0) is 15.3. The van der Waals surface area contributed by atoms with Gasteiger partial charge < -0.3 is 0 Å². The van der Waals surface area contributed by atoms with Crippen LogP contribution in [0.25, 0.3) is 12.2 Å². The van der Waals surface area contributed by atoms with Crippen molar-refractivity contribution in [3.63, 3.8) is 0 Å². The van der Waals surface area contributed by atoms with Crippen LogP contribution in [0.5, 0.6) is 0 Å². The molecule has 0 fully saturated rings. The lowest BCUT2D eigenvalue weighted by Gasteiger charge is -2.18. The Morgan fingerprint density at radius 2 is 1.14 bits per heavy atom. The number of allylic oxidation sites excluding steroid dienone is 2. The van der Waals surface area contributed by atoms with Crippen LogP contribution in [0.15, 0.2) is 60.7 Å². The molecule has 0 N–H and O–H groups in total. The van der Waals surface area contributed by atoms with Crippen molar-refractivity contribution in [3.05, 3.63) is 82.4 Å². The molecule has 0 unspecified atom stereocenters. The third-order valence-corrected chi connectivity index (χ3v) is 3.59. The van der Waals surface area contributed by atoms with Gasteiger partial charge in [-0.15, -0.1) is 0 Å². The normalized spacial score (nSPS) is 12.4. The fourth-order valence-corrected chi connectivity index (χ4v) is 2.13. The Morgan fingerprint density at radius 3 is 1.57 bits per heavy atom. The van der Waals surface area contributed by atoms with E-state index in [0.29, 0.717) is 0 Å². The average molecular weight is 297 g/mol. The molecule has 0 saturated heterocycles. The Labute approximate surface area is 132 Å². The van der Waals surface area contributed by atoms with Crippen molar-refractivity contribution in [3.8, 4) is 0 Å². The summed E-state index contributed by atoms with van der Waals surface area (Å²) in [5.74, 6) is 0. The quantitative estimate of drug-likeness (QED) is 0.578. The molecule has 0 bridgehead atoms. The van der Waals surface area contributed by atoms with Gasteiger partial charge in [-0.1, -0.05) is 93.1 Å². The zero-order valence-corrected chi connectivity index (χ0v) is 13.6. The molecule has 0 atom stereocenters. The Kier molecular flexibility index (Phi) is 5.03. The molecule has 0 nitrogen and oxygen atoms in total. The summed E-state index contributed by atoms with van der Waals surface area (Å²) in [7, 11) is 0. The van der Waals surface area contributed by atoms with E-state index in [1.807, 2.05) is 30.3 Å². The standard InChI is InChI=1S/C20H21Cl/c1-20(2,3)18-12-8-16(9-13-18)6-4-5-7-17-10-14-19(21)15-11-17/h4-15H,1-3H3/b6-4+,7-5+. The van der Waals surface area contributed by atoms with Gasteiger partial charge in [0.15, 0.2) is 0 Å². The van der Waals surface area contributed by atoms with Crippen LogP contribution in [-0.4, -0.2) is 0 Å². The summed E-state index contributed by atoms with van der Waals surface area (Å²) in [6.07, 6.45) is 8.27. The van der Waals surface area contributed by atoms with Crippen LogP contribution in [0, 0.1) is 0 Å². The van der Waals surface area contributed by atoms with Gasteiger partial charge in [-0.3, -0.25) is 0 Å². The van der Waals surface area contributed by atoms with E-state index >= 15 is 0 Å². The largest absolute Gasteiger partial charge is 0.0843 e. The van der Waals surface area contributed by atoms with Gasteiger partial charge in [-0.05, 0) is 34.2 Å². The summed E-state index contributed by atoms with van der Waals surface area (Å²) in [4.78, 5) is 0. The predicted octanol–water partition coefficient (Wildman–Crippen LogP) is 6.36. The fraction of sp³-hybridized carbons (Fsp3) is 0.200. The summed E-state index contributed by atoms with van der Waals surface area (Å²) in [6, 6.07) is 16.5. The lowest BCUT2D eigenvalue weighted by molar-refractivity contribution is 0.590. The summed E-state index contributed by atoms with van der Waals surface area (Å²) in [6.45, 7) is 6.69. The molecule has 21 heavy (non-hydrogen) atoms. The van der Waals surface area contributed by atoms with Gasteiger partial charge >= 0.3 is 0 Å². The van der Waals surface area contributed by atoms with Crippen molar-refractivity contribution in [2.75, 3.05) is 0 Å². The summed E-state index contributed by atoms with van der Waals surface area (Å²) >= 11 is 5.86. The molecular weight excluding hydrogens is 276 g/mol. The smallest absolute Gasteiger partial charge is 0.0406 e. The lowest BCUT2D eigenvalue weighted by atomic mass is 9.87. The van der Waals surface area contributed by atoms with E-state index in [2.05, 4.69) is 63.3 Å². The second-order valence-electron chi connectivity index (χ2n) is 6.14. The summed E-state index contributed by atoms with van der Waals surface area (Å²) < 4.78 is 0. The fourth-order valence-electron chi connectivity index (χ4n) is 2.00. The van der Waals surface area contributed by atoms with Gasteiger partial charge in [0.25, 0.3) is 0 Å². The van der Waals surface area contributed by atoms with E-state index in [9.17, 15) is 0 Å². The molecule has 2 rings (SSSR count). The van der Waals surface area contributed by atoms with Crippen molar-refractivity contribution in [2.45, 2.75) is 26.2 Å². The minimum atomic E-state index is 0.205. The van der Waals surface area contributed by atoms with E-state index in [0.717, 1.165) is 10.6 Å². The first-order valence-corrected chi connectivity index (χ1v) is 7.54. The molecule has 2 aromatic carbocycles. The van der Waals surface area contributed by atoms with Crippen molar-refractivity contribution in [2.24, 2.45) is 0 Å². The molecule has 108 valence electrons. The third kappa shape index (κ3) is 4.91. The number of rotatable bonds is 3. The summed E-state index contributed by atoms with van der Waals surface area (Å²) in [5.41, 5.74) is 3.92. The van der Waals surface area contributed by atoms with Crippen LogP contribution in [-0.2, 0) is 5.41 Å². The molecule has 1 heteroatoms. The molecular formula is C20H21Cl. The van der Waals surface area contributed by atoms with Gasteiger partial charge in [0.1, 0.15) is 0 Å². The average Bonchev–Trinajstić information content (AvgIpc) is 2.45. The van der Waals surface area contributed by atoms with Gasteiger partial charge in [-0.2, -0.15) is 0 Å². The highest BCUT2D eigenvalue weighted by molar-refractivity contribution is 6.30. The minimum absolute atomic E-state index is 0.205. The van der Waals surface area contributed by atoms with Crippen molar-refractivity contribution in [1.82, 2.24) is 0 Å². The highest BCUT2D eigenvalue weighted by atomic mass is 35.5. The first kappa shape index (κ1) is 15.6. The van der Waals surface area contributed by atoms with Crippen LogP contribution in [0.4, 0.5) is 0 Å². The molecule has 0 aliphatic rings. The second-order valence-corrected chi connectivity index (χ2v) is 6.58.